The molecule has 0 unspecified atom stereocenters. The fraction of sp³-hybridized carbons (Fsp3) is 0.278. The minimum Gasteiger partial charge on any atom is -0.356 e. The van der Waals surface area contributed by atoms with Crippen molar-refractivity contribution >= 4 is 23.0 Å². The first-order chi connectivity index (χ1) is 9.95. The molecule has 21 heavy (non-hydrogen) atoms. The molecule has 0 aliphatic heterocycles. The van der Waals surface area contributed by atoms with E-state index in [9.17, 15) is 0 Å². The van der Waals surface area contributed by atoms with E-state index in [1.165, 1.54) is 22.3 Å². The summed E-state index contributed by atoms with van der Waals surface area (Å²) in [5, 5.41) is 7.21. The first-order valence-electron chi connectivity index (χ1n) is 7.17. The first kappa shape index (κ1) is 15.5. The molecule has 0 fully saturated rings. The summed E-state index contributed by atoms with van der Waals surface area (Å²) < 4.78 is 0. The second kappa shape index (κ2) is 6.72. The molecule has 0 aliphatic carbocycles. The highest BCUT2D eigenvalue weighted by molar-refractivity contribution is 7.80. The molecule has 0 aliphatic rings. The highest BCUT2D eigenvalue weighted by Gasteiger charge is 2.07. The van der Waals surface area contributed by atoms with Crippen LogP contribution in [0, 0.1) is 20.8 Å². The Morgan fingerprint density at radius 2 is 1.62 bits per heavy atom. The van der Waals surface area contributed by atoms with Crippen LogP contribution in [0.25, 0.3) is 0 Å². The van der Waals surface area contributed by atoms with Crippen molar-refractivity contribution in [2.45, 2.75) is 33.7 Å². The molecule has 2 nitrogen and oxygen atoms in total. The monoisotopic (exact) mass is 298 g/mol. The van der Waals surface area contributed by atoms with E-state index >= 15 is 0 Å². The zero-order valence-electron chi connectivity index (χ0n) is 13.0. The number of thiocarbonyl (C=S) groups is 1. The van der Waals surface area contributed by atoms with Crippen molar-refractivity contribution in [2.75, 3.05) is 5.32 Å². The second-order valence-corrected chi connectivity index (χ2v) is 5.94. The van der Waals surface area contributed by atoms with Gasteiger partial charge in [-0.15, -0.1) is 0 Å². The summed E-state index contributed by atoms with van der Waals surface area (Å²) in [6.07, 6.45) is 0. The van der Waals surface area contributed by atoms with Gasteiger partial charge < -0.3 is 10.6 Å². The highest BCUT2D eigenvalue weighted by Crippen LogP contribution is 2.16. The van der Waals surface area contributed by atoms with Gasteiger partial charge in [0.1, 0.15) is 0 Å². The van der Waals surface area contributed by atoms with E-state index in [1.807, 2.05) is 6.07 Å². The van der Waals surface area contributed by atoms with Crippen molar-refractivity contribution in [1.29, 1.82) is 0 Å². The molecule has 0 aromatic heterocycles. The topological polar surface area (TPSA) is 24.1 Å². The lowest BCUT2D eigenvalue weighted by atomic mass is 10.1. The Morgan fingerprint density at radius 3 is 2.24 bits per heavy atom. The molecule has 0 saturated heterocycles. The van der Waals surface area contributed by atoms with E-state index in [1.54, 1.807) is 0 Å². The quantitative estimate of drug-likeness (QED) is 0.806. The first-order valence-corrected chi connectivity index (χ1v) is 7.58. The van der Waals surface area contributed by atoms with Crippen LogP contribution in [0.5, 0.6) is 0 Å². The fourth-order valence-electron chi connectivity index (χ4n) is 2.12. The van der Waals surface area contributed by atoms with Crippen LogP contribution < -0.4 is 10.6 Å². The third kappa shape index (κ3) is 4.30. The second-order valence-electron chi connectivity index (χ2n) is 5.53. The summed E-state index contributed by atoms with van der Waals surface area (Å²) in [5.41, 5.74) is 6.06. The predicted octanol–water partition coefficient (Wildman–Crippen LogP) is 4.66. The number of anilines is 1. The van der Waals surface area contributed by atoms with Crippen molar-refractivity contribution in [3.8, 4) is 0 Å². The SMILES string of the molecule is Cc1ccc([C@H](C)NC(=S)Nc2ccc(C)c(C)c2)cc1. The van der Waals surface area contributed by atoms with Crippen molar-refractivity contribution in [3.05, 3.63) is 64.7 Å². The molecule has 2 N–H and O–H groups in total. The van der Waals surface area contributed by atoms with Crippen molar-refractivity contribution in [2.24, 2.45) is 0 Å². The van der Waals surface area contributed by atoms with Gasteiger partial charge in [-0.1, -0.05) is 35.9 Å². The minimum absolute atomic E-state index is 0.178. The number of rotatable bonds is 3. The summed E-state index contributed by atoms with van der Waals surface area (Å²) in [6.45, 7) is 8.41. The Bertz CT molecular complexity index is 632. The van der Waals surface area contributed by atoms with Gasteiger partial charge in [0.2, 0.25) is 0 Å². The summed E-state index contributed by atoms with van der Waals surface area (Å²) in [5.74, 6) is 0. The number of aryl methyl sites for hydroxylation is 3. The predicted molar refractivity (Wildman–Crippen MR) is 94.9 cm³/mol. The zero-order chi connectivity index (χ0) is 15.4. The van der Waals surface area contributed by atoms with E-state index in [0.29, 0.717) is 5.11 Å². The maximum atomic E-state index is 5.39. The van der Waals surface area contributed by atoms with Crippen LogP contribution >= 0.6 is 12.2 Å². The lowest BCUT2D eigenvalue weighted by molar-refractivity contribution is 0.722. The lowest BCUT2D eigenvalue weighted by Crippen LogP contribution is -2.30. The molecule has 3 heteroatoms. The van der Waals surface area contributed by atoms with Crippen LogP contribution in [0.2, 0.25) is 0 Å². The molecule has 0 amide bonds. The standard InChI is InChI=1S/C18H22N2S/c1-12-5-8-16(9-6-12)15(4)19-18(21)20-17-10-7-13(2)14(3)11-17/h5-11,15H,1-4H3,(H2,19,20,21)/t15-/m0/s1. The molecule has 0 spiro atoms. The van der Waals surface area contributed by atoms with Gasteiger partial charge in [0.25, 0.3) is 0 Å². The van der Waals surface area contributed by atoms with Gasteiger partial charge in [-0.3, -0.25) is 0 Å². The Kier molecular flexibility index (Phi) is 4.97. The van der Waals surface area contributed by atoms with Gasteiger partial charge in [0.05, 0.1) is 6.04 Å². The molecule has 2 aromatic rings. The molecular formula is C18H22N2S. The van der Waals surface area contributed by atoms with Crippen LogP contribution in [0.15, 0.2) is 42.5 Å². The van der Waals surface area contributed by atoms with Gasteiger partial charge in [0.15, 0.2) is 5.11 Å². The number of hydrogen-bond donors (Lipinski definition) is 2. The van der Waals surface area contributed by atoms with E-state index < -0.39 is 0 Å². The third-order valence-electron chi connectivity index (χ3n) is 3.69. The van der Waals surface area contributed by atoms with Gasteiger partial charge in [-0.2, -0.15) is 0 Å². The van der Waals surface area contributed by atoms with Crippen LogP contribution in [-0.4, -0.2) is 5.11 Å². The number of hydrogen-bond acceptors (Lipinski definition) is 1. The van der Waals surface area contributed by atoms with Gasteiger partial charge in [-0.05, 0) is 68.7 Å². The molecular weight excluding hydrogens is 276 g/mol. The Morgan fingerprint density at radius 1 is 0.952 bits per heavy atom. The molecule has 0 saturated carbocycles. The summed E-state index contributed by atoms with van der Waals surface area (Å²) >= 11 is 5.39. The maximum Gasteiger partial charge on any atom is 0.171 e. The molecule has 0 heterocycles. The van der Waals surface area contributed by atoms with Crippen molar-refractivity contribution in [3.63, 3.8) is 0 Å². The van der Waals surface area contributed by atoms with Crippen LogP contribution in [0.3, 0.4) is 0 Å². The molecule has 0 radical (unpaired) electrons. The molecule has 1 atom stereocenters. The number of nitrogens with one attached hydrogen (secondary N) is 2. The van der Waals surface area contributed by atoms with E-state index in [4.69, 9.17) is 12.2 Å². The summed E-state index contributed by atoms with van der Waals surface area (Å²) in [7, 11) is 0. The van der Waals surface area contributed by atoms with E-state index in [0.717, 1.165) is 5.69 Å². The van der Waals surface area contributed by atoms with E-state index in [2.05, 4.69) is 74.7 Å². The maximum absolute atomic E-state index is 5.39. The molecule has 2 aromatic carbocycles. The van der Waals surface area contributed by atoms with E-state index in [-0.39, 0.29) is 6.04 Å². The number of benzene rings is 2. The Balaban J connectivity index is 1.97. The third-order valence-corrected chi connectivity index (χ3v) is 3.91. The fourth-order valence-corrected chi connectivity index (χ4v) is 2.42. The minimum atomic E-state index is 0.178. The van der Waals surface area contributed by atoms with Gasteiger partial charge in [-0.25, -0.2) is 0 Å². The lowest BCUT2D eigenvalue weighted by Gasteiger charge is -2.18. The molecule has 2 rings (SSSR count). The largest absolute Gasteiger partial charge is 0.356 e. The van der Waals surface area contributed by atoms with Crippen molar-refractivity contribution < 1.29 is 0 Å². The average molecular weight is 298 g/mol. The summed E-state index contributed by atoms with van der Waals surface area (Å²) in [4.78, 5) is 0. The summed E-state index contributed by atoms with van der Waals surface area (Å²) in [6, 6.07) is 14.9. The van der Waals surface area contributed by atoms with Crippen LogP contribution in [0.4, 0.5) is 5.69 Å². The highest BCUT2D eigenvalue weighted by atomic mass is 32.1. The molecule has 110 valence electrons. The van der Waals surface area contributed by atoms with Gasteiger partial charge in [0, 0.05) is 5.69 Å². The van der Waals surface area contributed by atoms with Gasteiger partial charge >= 0.3 is 0 Å². The zero-order valence-corrected chi connectivity index (χ0v) is 13.8. The molecule has 0 bridgehead atoms. The smallest absolute Gasteiger partial charge is 0.171 e. The Hall–Kier alpha value is -1.87. The van der Waals surface area contributed by atoms with Crippen LogP contribution in [-0.2, 0) is 0 Å². The average Bonchev–Trinajstić information content (AvgIpc) is 2.43. The Labute approximate surface area is 132 Å². The van der Waals surface area contributed by atoms with Crippen molar-refractivity contribution in [1.82, 2.24) is 5.32 Å². The van der Waals surface area contributed by atoms with Crippen LogP contribution in [0.1, 0.15) is 35.2 Å². The normalized spacial score (nSPS) is 11.8.